The van der Waals surface area contributed by atoms with Crippen LogP contribution >= 0.6 is 0 Å². The Labute approximate surface area is 79.6 Å². The molecule has 0 aliphatic rings. The lowest BCUT2D eigenvalue weighted by molar-refractivity contribution is 0.473. The molecule has 0 saturated heterocycles. The highest BCUT2D eigenvalue weighted by atomic mass is 16.3. The van der Waals surface area contributed by atoms with Gasteiger partial charge in [-0.3, -0.25) is 0 Å². The summed E-state index contributed by atoms with van der Waals surface area (Å²) in [7, 11) is 0. The second-order valence-electron chi connectivity index (χ2n) is 2.70. The van der Waals surface area contributed by atoms with Crippen LogP contribution in [0.25, 0.3) is 11.3 Å². The Kier molecular flexibility index (Phi) is 1.88. The number of hydrogen-bond donors (Lipinski definition) is 2. The number of nitrogens with one attached hydrogen (secondary N) is 1. The monoisotopic (exact) mass is 186 g/mol. The number of hydrogen-bond acceptors (Lipinski definition) is 4. The van der Waals surface area contributed by atoms with Crippen LogP contribution in [0.1, 0.15) is 5.56 Å². The summed E-state index contributed by atoms with van der Waals surface area (Å²) >= 11 is 0. The molecule has 0 spiro atoms. The summed E-state index contributed by atoms with van der Waals surface area (Å²) in [4.78, 5) is 0. The molecule has 1 aromatic heterocycles. The van der Waals surface area contributed by atoms with E-state index in [2.05, 4.69) is 15.4 Å². The summed E-state index contributed by atoms with van der Waals surface area (Å²) in [5.74, 6) is -0.0280. The molecule has 0 fully saturated rings. The van der Waals surface area contributed by atoms with Gasteiger partial charge in [0.05, 0.1) is 11.8 Å². The lowest BCUT2D eigenvalue weighted by atomic mass is 10.1. The molecule has 2 N–H and O–H groups in total. The van der Waals surface area contributed by atoms with E-state index in [9.17, 15) is 5.11 Å². The van der Waals surface area contributed by atoms with Crippen molar-refractivity contribution >= 4 is 0 Å². The smallest absolute Gasteiger partial charge is 0.133 e. The third-order valence-corrected chi connectivity index (χ3v) is 1.83. The molecular formula is C9H6N4O. The maximum absolute atomic E-state index is 9.27. The lowest BCUT2D eigenvalue weighted by Gasteiger charge is -1.98. The first-order valence-corrected chi connectivity index (χ1v) is 3.90. The van der Waals surface area contributed by atoms with E-state index in [1.54, 1.807) is 18.3 Å². The van der Waals surface area contributed by atoms with Crippen molar-refractivity contribution in [1.82, 2.24) is 15.4 Å². The number of rotatable bonds is 1. The Morgan fingerprint density at radius 3 is 2.93 bits per heavy atom. The molecule has 5 heteroatoms. The zero-order valence-corrected chi connectivity index (χ0v) is 7.10. The Morgan fingerprint density at radius 1 is 1.43 bits per heavy atom. The fourth-order valence-corrected chi connectivity index (χ4v) is 1.13. The topological polar surface area (TPSA) is 85.6 Å². The molecule has 0 aliphatic heterocycles. The van der Waals surface area contributed by atoms with Crippen molar-refractivity contribution in [1.29, 1.82) is 5.26 Å². The van der Waals surface area contributed by atoms with E-state index in [1.165, 1.54) is 6.07 Å². The summed E-state index contributed by atoms with van der Waals surface area (Å²) in [5.41, 5.74) is 1.61. The predicted molar refractivity (Wildman–Crippen MR) is 48.2 cm³/mol. The van der Waals surface area contributed by atoms with E-state index in [-0.39, 0.29) is 11.3 Å². The van der Waals surface area contributed by atoms with Crippen LogP contribution in [0.15, 0.2) is 24.4 Å². The summed E-state index contributed by atoms with van der Waals surface area (Å²) in [5, 5.41) is 27.9. The minimum Gasteiger partial charge on any atom is -0.507 e. The summed E-state index contributed by atoms with van der Waals surface area (Å²) in [6.45, 7) is 0. The molecule has 0 unspecified atom stereocenters. The first-order chi connectivity index (χ1) is 6.81. The van der Waals surface area contributed by atoms with Gasteiger partial charge in [-0.1, -0.05) is 0 Å². The van der Waals surface area contributed by atoms with Crippen molar-refractivity contribution in [3.63, 3.8) is 0 Å². The number of phenols is 1. The molecule has 1 heterocycles. The van der Waals surface area contributed by atoms with Crippen molar-refractivity contribution in [2.75, 3.05) is 0 Å². The highest BCUT2D eigenvalue weighted by Gasteiger charge is 2.05. The van der Waals surface area contributed by atoms with Crippen LogP contribution in [0.4, 0.5) is 0 Å². The zero-order chi connectivity index (χ0) is 9.97. The molecule has 0 aliphatic carbocycles. The average Bonchev–Trinajstić information content (AvgIpc) is 2.71. The van der Waals surface area contributed by atoms with Gasteiger partial charge in [0.25, 0.3) is 0 Å². The molecule has 14 heavy (non-hydrogen) atoms. The van der Waals surface area contributed by atoms with Gasteiger partial charge in [0.2, 0.25) is 0 Å². The first kappa shape index (κ1) is 8.26. The van der Waals surface area contributed by atoms with Gasteiger partial charge in [-0.25, -0.2) is 0 Å². The molecule has 5 nitrogen and oxygen atoms in total. The van der Waals surface area contributed by atoms with E-state index >= 15 is 0 Å². The van der Waals surface area contributed by atoms with Crippen molar-refractivity contribution in [2.45, 2.75) is 0 Å². The third kappa shape index (κ3) is 1.29. The number of nitrogens with zero attached hydrogens (tertiary/aromatic N) is 3. The van der Waals surface area contributed by atoms with Gasteiger partial charge in [-0.2, -0.15) is 20.7 Å². The fraction of sp³-hybridized carbons (Fsp3) is 0. The second kappa shape index (κ2) is 3.18. The van der Waals surface area contributed by atoms with E-state index in [4.69, 9.17) is 5.26 Å². The molecule has 0 saturated carbocycles. The number of benzene rings is 1. The number of aromatic nitrogens is 3. The fourth-order valence-electron chi connectivity index (χ4n) is 1.13. The molecule has 0 radical (unpaired) electrons. The molecular weight excluding hydrogens is 180 g/mol. The Morgan fingerprint density at radius 2 is 2.29 bits per heavy atom. The van der Waals surface area contributed by atoms with E-state index in [0.29, 0.717) is 5.69 Å². The van der Waals surface area contributed by atoms with Crippen LogP contribution in [0.3, 0.4) is 0 Å². The van der Waals surface area contributed by atoms with Crippen LogP contribution in [0.2, 0.25) is 0 Å². The summed E-state index contributed by atoms with van der Waals surface area (Å²) < 4.78 is 0. The minimum atomic E-state index is -0.0280. The largest absolute Gasteiger partial charge is 0.507 e. The highest BCUT2D eigenvalue weighted by molar-refractivity contribution is 5.62. The molecule has 68 valence electrons. The third-order valence-electron chi connectivity index (χ3n) is 1.83. The number of nitriles is 1. The molecule has 2 aromatic rings. The van der Waals surface area contributed by atoms with Crippen molar-refractivity contribution in [2.24, 2.45) is 0 Å². The average molecular weight is 186 g/mol. The van der Waals surface area contributed by atoms with Crippen LogP contribution in [-0.2, 0) is 0 Å². The van der Waals surface area contributed by atoms with Gasteiger partial charge in [-0.15, -0.1) is 0 Å². The molecule has 1 aromatic carbocycles. The van der Waals surface area contributed by atoms with Crippen LogP contribution in [-0.4, -0.2) is 20.5 Å². The second-order valence-corrected chi connectivity index (χ2v) is 2.70. The molecule has 0 amide bonds. The number of H-pyrrole nitrogens is 1. The standard InChI is InChI=1S/C9H6N4O/c10-4-7-3-6(1-2-9(7)14)8-5-11-13-12-8/h1-3,5,14H,(H,11,12,13). The lowest BCUT2D eigenvalue weighted by Crippen LogP contribution is -1.81. The van der Waals surface area contributed by atoms with E-state index in [1.807, 2.05) is 6.07 Å². The maximum atomic E-state index is 9.27. The summed E-state index contributed by atoms with van der Waals surface area (Å²) in [6.07, 6.45) is 1.55. The van der Waals surface area contributed by atoms with Crippen molar-refractivity contribution in [3.8, 4) is 23.1 Å². The number of aromatic hydroxyl groups is 1. The van der Waals surface area contributed by atoms with Crippen LogP contribution in [0.5, 0.6) is 5.75 Å². The van der Waals surface area contributed by atoms with Crippen molar-refractivity contribution in [3.05, 3.63) is 30.0 Å². The van der Waals surface area contributed by atoms with Gasteiger partial charge in [0, 0.05) is 5.56 Å². The SMILES string of the molecule is N#Cc1cc(-c2cn[nH]n2)ccc1O. The Balaban J connectivity index is 2.53. The van der Waals surface area contributed by atoms with Gasteiger partial charge in [0.15, 0.2) is 0 Å². The predicted octanol–water partition coefficient (Wildman–Crippen LogP) is 1.05. The van der Waals surface area contributed by atoms with Crippen LogP contribution in [0, 0.1) is 11.3 Å². The summed E-state index contributed by atoms with van der Waals surface area (Å²) in [6, 6.07) is 6.59. The molecule has 0 bridgehead atoms. The van der Waals surface area contributed by atoms with Gasteiger partial charge in [-0.05, 0) is 18.2 Å². The Bertz CT molecular complexity index is 484. The first-order valence-electron chi connectivity index (χ1n) is 3.90. The normalized spacial score (nSPS) is 9.64. The maximum Gasteiger partial charge on any atom is 0.133 e. The number of aromatic amines is 1. The zero-order valence-electron chi connectivity index (χ0n) is 7.10. The Hall–Kier alpha value is -2.35. The van der Waals surface area contributed by atoms with Gasteiger partial charge < -0.3 is 5.11 Å². The van der Waals surface area contributed by atoms with E-state index in [0.717, 1.165) is 5.56 Å². The van der Waals surface area contributed by atoms with Gasteiger partial charge in [0.1, 0.15) is 17.5 Å². The van der Waals surface area contributed by atoms with E-state index < -0.39 is 0 Å². The minimum absolute atomic E-state index is 0.0280. The van der Waals surface area contributed by atoms with Crippen LogP contribution < -0.4 is 0 Å². The van der Waals surface area contributed by atoms with Gasteiger partial charge >= 0.3 is 0 Å². The highest BCUT2D eigenvalue weighted by Crippen LogP contribution is 2.23. The quantitative estimate of drug-likeness (QED) is 0.696. The van der Waals surface area contributed by atoms with Crippen molar-refractivity contribution < 1.29 is 5.11 Å². The molecule has 2 rings (SSSR count). The molecule has 0 atom stereocenters. The number of phenolic OH excluding ortho intramolecular Hbond substituents is 1.